The van der Waals surface area contributed by atoms with Crippen LogP contribution in [-0.4, -0.2) is 24.5 Å². The second-order valence-electron chi connectivity index (χ2n) is 4.59. The molecule has 1 aromatic rings. The van der Waals surface area contributed by atoms with E-state index in [9.17, 15) is 9.59 Å². The van der Waals surface area contributed by atoms with Gasteiger partial charge in [-0.1, -0.05) is 13.0 Å². The number of hydrogen-bond donors (Lipinski definition) is 3. The Kier molecular flexibility index (Phi) is 6.51. The normalized spacial score (nSPS) is 11.6. The summed E-state index contributed by atoms with van der Waals surface area (Å²) >= 11 is 3.38. The van der Waals surface area contributed by atoms with Crippen molar-refractivity contribution in [1.82, 2.24) is 10.6 Å². The van der Waals surface area contributed by atoms with Gasteiger partial charge in [0.15, 0.2) is 0 Å². The van der Waals surface area contributed by atoms with Crippen molar-refractivity contribution in [2.75, 3.05) is 11.9 Å². The Morgan fingerprint density at radius 2 is 2.05 bits per heavy atom. The highest BCUT2D eigenvalue weighted by molar-refractivity contribution is 9.10. The van der Waals surface area contributed by atoms with Gasteiger partial charge in [0.1, 0.15) is 6.04 Å². The minimum absolute atomic E-state index is 0.190. The molecular formula is C14H20BrN3O2. The van der Waals surface area contributed by atoms with E-state index < -0.39 is 12.1 Å². The molecule has 3 N–H and O–H groups in total. The first kappa shape index (κ1) is 16.5. The lowest BCUT2D eigenvalue weighted by atomic mass is 10.2. The molecule has 0 aliphatic heterocycles. The molecule has 3 amide bonds. The summed E-state index contributed by atoms with van der Waals surface area (Å²) in [5.41, 5.74) is 1.75. The highest BCUT2D eigenvalue weighted by Gasteiger charge is 2.15. The van der Waals surface area contributed by atoms with Gasteiger partial charge in [-0.25, -0.2) is 4.79 Å². The van der Waals surface area contributed by atoms with Gasteiger partial charge in [-0.2, -0.15) is 0 Å². The molecule has 0 fully saturated rings. The van der Waals surface area contributed by atoms with Crippen LogP contribution in [0.25, 0.3) is 0 Å². The monoisotopic (exact) mass is 341 g/mol. The van der Waals surface area contributed by atoms with Crippen LogP contribution in [0.1, 0.15) is 25.8 Å². The number of rotatable bonds is 5. The molecule has 0 saturated carbocycles. The van der Waals surface area contributed by atoms with E-state index in [1.54, 1.807) is 13.0 Å². The number of anilines is 1. The molecular weight excluding hydrogens is 322 g/mol. The van der Waals surface area contributed by atoms with Crippen LogP contribution in [0.3, 0.4) is 0 Å². The lowest BCUT2D eigenvalue weighted by Crippen LogP contribution is -2.46. The second-order valence-corrected chi connectivity index (χ2v) is 5.45. The van der Waals surface area contributed by atoms with E-state index in [1.807, 2.05) is 26.0 Å². The van der Waals surface area contributed by atoms with E-state index in [4.69, 9.17) is 0 Å². The number of carbonyl (C=O) groups excluding carboxylic acids is 2. The summed E-state index contributed by atoms with van der Waals surface area (Å²) in [5, 5.41) is 8.03. The van der Waals surface area contributed by atoms with E-state index in [0.717, 1.165) is 16.5 Å². The molecule has 0 aromatic heterocycles. The van der Waals surface area contributed by atoms with Crippen molar-refractivity contribution in [3.63, 3.8) is 0 Å². The van der Waals surface area contributed by atoms with Gasteiger partial charge >= 0.3 is 6.03 Å². The van der Waals surface area contributed by atoms with Crippen molar-refractivity contribution in [3.05, 3.63) is 28.2 Å². The Morgan fingerprint density at radius 3 is 2.65 bits per heavy atom. The van der Waals surface area contributed by atoms with Crippen molar-refractivity contribution in [2.24, 2.45) is 0 Å². The summed E-state index contributed by atoms with van der Waals surface area (Å²) in [6.07, 6.45) is 0.862. The van der Waals surface area contributed by atoms with Gasteiger partial charge in [0, 0.05) is 11.0 Å². The van der Waals surface area contributed by atoms with Gasteiger partial charge in [0.05, 0.1) is 5.69 Å². The Morgan fingerprint density at radius 1 is 1.35 bits per heavy atom. The fourth-order valence-corrected chi connectivity index (χ4v) is 2.14. The summed E-state index contributed by atoms with van der Waals surface area (Å²) in [7, 11) is 0. The third-order valence-corrected chi connectivity index (χ3v) is 3.32. The SMILES string of the molecule is CCCNC(=O)C(C)NC(=O)Nc1ccc(C)cc1Br. The van der Waals surface area contributed by atoms with E-state index in [0.29, 0.717) is 12.2 Å². The van der Waals surface area contributed by atoms with E-state index in [1.165, 1.54) is 0 Å². The maximum atomic E-state index is 11.8. The predicted octanol–water partition coefficient (Wildman–Crippen LogP) is 2.79. The molecule has 6 heteroatoms. The molecule has 110 valence electrons. The van der Waals surface area contributed by atoms with Crippen LogP contribution in [0.5, 0.6) is 0 Å². The van der Waals surface area contributed by atoms with Crippen molar-refractivity contribution >= 4 is 33.6 Å². The number of nitrogens with one attached hydrogen (secondary N) is 3. The minimum atomic E-state index is -0.578. The maximum Gasteiger partial charge on any atom is 0.319 e. The predicted molar refractivity (Wildman–Crippen MR) is 83.8 cm³/mol. The lowest BCUT2D eigenvalue weighted by molar-refractivity contribution is -0.122. The summed E-state index contributed by atoms with van der Waals surface area (Å²) in [6.45, 7) is 6.19. The molecule has 0 saturated heterocycles. The largest absolute Gasteiger partial charge is 0.354 e. The van der Waals surface area contributed by atoms with Crippen molar-refractivity contribution in [3.8, 4) is 0 Å². The molecule has 1 unspecified atom stereocenters. The van der Waals surface area contributed by atoms with Crippen molar-refractivity contribution < 1.29 is 9.59 Å². The first-order valence-corrected chi connectivity index (χ1v) is 7.34. The van der Waals surface area contributed by atoms with Gasteiger partial charge in [0.2, 0.25) is 5.91 Å². The molecule has 1 atom stereocenters. The fourth-order valence-electron chi connectivity index (χ4n) is 1.54. The Bertz CT molecular complexity index is 491. The van der Waals surface area contributed by atoms with Gasteiger partial charge in [0.25, 0.3) is 0 Å². The molecule has 0 aliphatic carbocycles. The third-order valence-electron chi connectivity index (χ3n) is 2.66. The molecule has 0 spiro atoms. The highest BCUT2D eigenvalue weighted by Crippen LogP contribution is 2.23. The van der Waals surface area contributed by atoms with E-state index in [-0.39, 0.29) is 5.91 Å². The number of urea groups is 1. The zero-order valence-corrected chi connectivity index (χ0v) is 13.5. The first-order chi connectivity index (χ1) is 9.43. The number of aryl methyl sites for hydroxylation is 1. The zero-order chi connectivity index (χ0) is 15.1. The average molecular weight is 342 g/mol. The van der Waals surface area contributed by atoms with Crippen LogP contribution >= 0.6 is 15.9 Å². The van der Waals surface area contributed by atoms with Crippen molar-refractivity contribution in [1.29, 1.82) is 0 Å². The molecule has 1 rings (SSSR count). The topological polar surface area (TPSA) is 70.2 Å². The van der Waals surface area contributed by atoms with Crippen LogP contribution in [0.4, 0.5) is 10.5 Å². The van der Waals surface area contributed by atoms with Crippen LogP contribution < -0.4 is 16.0 Å². The van der Waals surface area contributed by atoms with Gasteiger partial charge in [-0.05, 0) is 53.9 Å². The third kappa shape index (κ3) is 5.21. The summed E-state index contributed by atoms with van der Waals surface area (Å²) in [4.78, 5) is 23.5. The fraction of sp³-hybridized carbons (Fsp3) is 0.429. The number of halogens is 1. The first-order valence-electron chi connectivity index (χ1n) is 6.55. The van der Waals surface area contributed by atoms with Gasteiger partial charge in [-0.15, -0.1) is 0 Å². The smallest absolute Gasteiger partial charge is 0.319 e. The summed E-state index contributed by atoms with van der Waals surface area (Å²) < 4.78 is 0.802. The summed E-state index contributed by atoms with van der Waals surface area (Å²) in [6, 6.07) is 4.63. The average Bonchev–Trinajstić information content (AvgIpc) is 2.39. The van der Waals surface area contributed by atoms with Crippen LogP contribution in [-0.2, 0) is 4.79 Å². The number of carbonyl (C=O) groups is 2. The highest BCUT2D eigenvalue weighted by atomic mass is 79.9. The maximum absolute atomic E-state index is 11.8. The summed E-state index contributed by atoms with van der Waals surface area (Å²) in [5.74, 6) is -0.190. The molecule has 0 aliphatic rings. The van der Waals surface area contributed by atoms with Crippen LogP contribution in [0.15, 0.2) is 22.7 Å². The number of benzene rings is 1. The second kappa shape index (κ2) is 7.89. The Balaban J connectivity index is 2.52. The van der Waals surface area contributed by atoms with E-state index >= 15 is 0 Å². The number of hydrogen-bond acceptors (Lipinski definition) is 2. The Hall–Kier alpha value is -1.56. The molecule has 0 radical (unpaired) electrons. The lowest BCUT2D eigenvalue weighted by Gasteiger charge is -2.15. The molecule has 5 nitrogen and oxygen atoms in total. The van der Waals surface area contributed by atoms with E-state index in [2.05, 4.69) is 31.9 Å². The van der Waals surface area contributed by atoms with Crippen LogP contribution in [0, 0.1) is 6.92 Å². The quantitative estimate of drug-likeness (QED) is 0.770. The number of amides is 3. The van der Waals surface area contributed by atoms with Crippen molar-refractivity contribution in [2.45, 2.75) is 33.2 Å². The standard InChI is InChI=1S/C14H20BrN3O2/c1-4-7-16-13(19)10(3)17-14(20)18-12-6-5-9(2)8-11(12)15/h5-6,8,10H,4,7H2,1-3H3,(H,16,19)(H2,17,18,20). The van der Waals surface area contributed by atoms with Gasteiger partial charge in [-0.3, -0.25) is 4.79 Å². The Labute approximate surface area is 127 Å². The van der Waals surface area contributed by atoms with Gasteiger partial charge < -0.3 is 16.0 Å². The minimum Gasteiger partial charge on any atom is -0.354 e. The molecule has 0 bridgehead atoms. The molecule has 20 heavy (non-hydrogen) atoms. The zero-order valence-electron chi connectivity index (χ0n) is 11.9. The van der Waals surface area contributed by atoms with Crippen LogP contribution in [0.2, 0.25) is 0 Å². The molecule has 0 heterocycles. The molecule has 1 aromatic carbocycles.